The van der Waals surface area contributed by atoms with Crippen molar-refractivity contribution < 1.29 is 4.74 Å². The van der Waals surface area contributed by atoms with Gasteiger partial charge < -0.3 is 14.6 Å². The first-order valence-electron chi connectivity index (χ1n) is 6.56. The molecule has 1 N–H and O–H groups in total. The van der Waals surface area contributed by atoms with Gasteiger partial charge in [0.05, 0.1) is 7.11 Å². The summed E-state index contributed by atoms with van der Waals surface area (Å²) in [5.41, 5.74) is 1.24. The topological polar surface area (TPSA) is 39.1 Å². The van der Waals surface area contributed by atoms with E-state index in [1.54, 1.807) is 7.11 Å². The van der Waals surface area contributed by atoms with Gasteiger partial charge in [0.2, 0.25) is 0 Å². The second-order valence-corrected chi connectivity index (χ2v) is 4.62. The lowest BCUT2D eigenvalue weighted by Gasteiger charge is -2.15. The van der Waals surface area contributed by atoms with Crippen LogP contribution in [0.1, 0.15) is 24.4 Å². The molecule has 2 rings (SSSR count). The molecule has 0 saturated carbocycles. The number of nitrogens with one attached hydrogen (secondary N) is 1. The summed E-state index contributed by atoms with van der Waals surface area (Å²) in [4.78, 5) is 4.21. The molecule has 4 heteroatoms. The highest BCUT2D eigenvalue weighted by molar-refractivity contribution is 5.30. The maximum absolute atomic E-state index is 5.24. The molecule has 19 heavy (non-hydrogen) atoms. The Morgan fingerprint density at radius 2 is 2.26 bits per heavy atom. The van der Waals surface area contributed by atoms with Gasteiger partial charge in [0, 0.05) is 31.5 Å². The summed E-state index contributed by atoms with van der Waals surface area (Å²) < 4.78 is 7.39. The van der Waals surface area contributed by atoms with E-state index in [2.05, 4.69) is 33.9 Å². The lowest BCUT2D eigenvalue weighted by Crippen LogP contribution is -2.23. The number of imidazole rings is 1. The van der Waals surface area contributed by atoms with Gasteiger partial charge in [0.1, 0.15) is 11.6 Å². The first-order chi connectivity index (χ1) is 9.20. The Hall–Kier alpha value is -1.81. The van der Waals surface area contributed by atoms with Crippen LogP contribution in [-0.4, -0.2) is 23.2 Å². The van der Waals surface area contributed by atoms with E-state index in [0.29, 0.717) is 6.04 Å². The molecule has 102 valence electrons. The molecule has 0 radical (unpaired) electrons. The van der Waals surface area contributed by atoms with Crippen LogP contribution in [0, 0.1) is 6.92 Å². The lowest BCUT2D eigenvalue weighted by molar-refractivity contribution is 0.413. The minimum atomic E-state index is 0.305. The van der Waals surface area contributed by atoms with Crippen LogP contribution in [0.5, 0.6) is 5.75 Å². The van der Waals surface area contributed by atoms with Gasteiger partial charge in [-0.1, -0.05) is 12.1 Å². The van der Waals surface area contributed by atoms with Gasteiger partial charge in [-0.05, 0) is 31.5 Å². The fourth-order valence-corrected chi connectivity index (χ4v) is 2.07. The third-order valence-corrected chi connectivity index (χ3v) is 3.32. The van der Waals surface area contributed by atoms with Crippen molar-refractivity contribution in [2.45, 2.75) is 26.4 Å². The Balaban J connectivity index is 1.87. The fourth-order valence-electron chi connectivity index (χ4n) is 2.07. The van der Waals surface area contributed by atoms with Gasteiger partial charge in [-0.15, -0.1) is 0 Å². The zero-order chi connectivity index (χ0) is 13.7. The molecule has 4 nitrogen and oxygen atoms in total. The number of methoxy groups -OCH3 is 1. The number of ether oxygens (including phenoxy) is 1. The van der Waals surface area contributed by atoms with Crippen LogP contribution >= 0.6 is 0 Å². The smallest absolute Gasteiger partial charge is 0.119 e. The van der Waals surface area contributed by atoms with Crippen molar-refractivity contribution in [1.82, 2.24) is 14.9 Å². The monoisotopic (exact) mass is 259 g/mol. The average molecular weight is 259 g/mol. The second kappa shape index (κ2) is 6.38. The summed E-state index contributed by atoms with van der Waals surface area (Å²) in [6.07, 6.45) is 3.84. The maximum Gasteiger partial charge on any atom is 0.119 e. The van der Waals surface area contributed by atoms with Crippen LogP contribution in [0.25, 0.3) is 0 Å². The summed E-state index contributed by atoms with van der Waals surface area (Å²) in [7, 11) is 1.69. The third kappa shape index (κ3) is 3.58. The Morgan fingerprint density at radius 3 is 2.95 bits per heavy atom. The zero-order valence-electron chi connectivity index (χ0n) is 11.8. The maximum atomic E-state index is 5.24. The van der Waals surface area contributed by atoms with E-state index in [1.807, 2.05) is 31.5 Å². The predicted molar refractivity (Wildman–Crippen MR) is 76.4 cm³/mol. The largest absolute Gasteiger partial charge is 0.497 e. The van der Waals surface area contributed by atoms with Crippen molar-refractivity contribution >= 4 is 0 Å². The molecule has 1 aromatic carbocycles. The van der Waals surface area contributed by atoms with Crippen LogP contribution < -0.4 is 10.1 Å². The molecule has 0 spiro atoms. The molecule has 2 aromatic rings. The van der Waals surface area contributed by atoms with E-state index in [9.17, 15) is 0 Å². The van der Waals surface area contributed by atoms with Gasteiger partial charge in [-0.3, -0.25) is 0 Å². The Morgan fingerprint density at radius 1 is 1.42 bits per heavy atom. The highest BCUT2D eigenvalue weighted by atomic mass is 16.5. The lowest BCUT2D eigenvalue weighted by atomic mass is 10.1. The van der Waals surface area contributed by atoms with Crippen LogP contribution in [-0.2, 0) is 6.54 Å². The van der Waals surface area contributed by atoms with E-state index in [4.69, 9.17) is 4.74 Å². The number of hydrogen-bond acceptors (Lipinski definition) is 3. The molecular formula is C15H21N3O. The minimum absolute atomic E-state index is 0.305. The standard InChI is InChI=1S/C15H21N3O/c1-12(14-5-4-6-15(11-14)19-3)16-7-9-18-10-8-17-13(18)2/h4-6,8,10-12,16H,7,9H2,1-3H3/t12-/m1/s1. The highest BCUT2D eigenvalue weighted by Crippen LogP contribution is 2.18. The summed E-state index contributed by atoms with van der Waals surface area (Å²) in [5.74, 6) is 1.95. The molecule has 1 aromatic heterocycles. The summed E-state index contributed by atoms with van der Waals surface area (Å²) in [5, 5.41) is 3.51. The van der Waals surface area contributed by atoms with Crippen molar-refractivity contribution in [2.75, 3.05) is 13.7 Å². The SMILES string of the molecule is COc1cccc([C@@H](C)NCCn2ccnc2C)c1. The summed E-state index contributed by atoms with van der Waals surface area (Å²) >= 11 is 0. The summed E-state index contributed by atoms with van der Waals surface area (Å²) in [6, 6.07) is 8.47. The van der Waals surface area contributed by atoms with Crippen LogP contribution in [0.2, 0.25) is 0 Å². The molecule has 0 unspecified atom stereocenters. The van der Waals surface area contributed by atoms with E-state index in [-0.39, 0.29) is 0 Å². The highest BCUT2D eigenvalue weighted by Gasteiger charge is 2.05. The molecule has 0 aliphatic heterocycles. The molecule has 1 heterocycles. The Kier molecular flexibility index (Phi) is 4.58. The molecule has 0 aliphatic carbocycles. The van der Waals surface area contributed by atoms with Crippen molar-refractivity contribution in [3.05, 3.63) is 48.0 Å². The number of aromatic nitrogens is 2. The van der Waals surface area contributed by atoms with Crippen molar-refractivity contribution in [1.29, 1.82) is 0 Å². The first kappa shape index (κ1) is 13.6. The predicted octanol–water partition coefficient (Wildman–Crippen LogP) is 2.55. The van der Waals surface area contributed by atoms with E-state index >= 15 is 0 Å². The van der Waals surface area contributed by atoms with Crippen molar-refractivity contribution in [3.63, 3.8) is 0 Å². The summed E-state index contributed by atoms with van der Waals surface area (Å²) in [6.45, 7) is 6.02. The second-order valence-electron chi connectivity index (χ2n) is 4.62. The quantitative estimate of drug-likeness (QED) is 0.866. The average Bonchev–Trinajstić information content (AvgIpc) is 2.84. The van der Waals surface area contributed by atoms with Crippen LogP contribution in [0.4, 0.5) is 0 Å². The van der Waals surface area contributed by atoms with Gasteiger partial charge in [-0.25, -0.2) is 4.98 Å². The van der Waals surface area contributed by atoms with Crippen LogP contribution in [0.3, 0.4) is 0 Å². The van der Waals surface area contributed by atoms with Gasteiger partial charge in [0.15, 0.2) is 0 Å². The van der Waals surface area contributed by atoms with Gasteiger partial charge >= 0.3 is 0 Å². The normalized spacial score (nSPS) is 12.4. The van der Waals surface area contributed by atoms with Crippen molar-refractivity contribution in [3.8, 4) is 5.75 Å². The van der Waals surface area contributed by atoms with E-state index in [0.717, 1.165) is 24.7 Å². The number of aryl methyl sites for hydroxylation is 1. The molecule has 0 bridgehead atoms. The number of nitrogens with zero attached hydrogens (tertiary/aromatic N) is 2. The molecule has 0 aliphatic rings. The molecule has 1 atom stereocenters. The first-order valence-corrected chi connectivity index (χ1v) is 6.56. The molecule has 0 amide bonds. The van der Waals surface area contributed by atoms with Gasteiger partial charge in [-0.2, -0.15) is 0 Å². The molecule has 0 fully saturated rings. The molecule has 0 saturated heterocycles. The Labute approximate surface area is 114 Å². The fraction of sp³-hybridized carbons (Fsp3) is 0.400. The number of rotatable bonds is 6. The van der Waals surface area contributed by atoms with Crippen LogP contribution in [0.15, 0.2) is 36.7 Å². The number of benzene rings is 1. The Bertz CT molecular complexity index is 522. The van der Waals surface area contributed by atoms with E-state index in [1.165, 1.54) is 5.56 Å². The van der Waals surface area contributed by atoms with Gasteiger partial charge in [0.25, 0.3) is 0 Å². The number of hydrogen-bond donors (Lipinski definition) is 1. The van der Waals surface area contributed by atoms with E-state index < -0.39 is 0 Å². The third-order valence-electron chi connectivity index (χ3n) is 3.32. The molecular weight excluding hydrogens is 238 g/mol. The zero-order valence-corrected chi connectivity index (χ0v) is 11.8. The van der Waals surface area contributed by atoms with Crippen molar-refractivity contribution in [2.24, 2.45) is 0 Å². The minimum Gasteiger partial charge on any atom is -0.497 e.